The Hall–Kier alpha value is -1.13. The Kier molecular flexibility index (Phi) is 3.41. The van der Waals surface area contributed by atoms with Crippen LogP contribution in [-0.4, -0.2) is 16.2 Å². The number of benzene rings is 1. The van der Waals surface area contributed by atoms with E-state index in [1.54, 1.807) is 0 Å². The molecule has 0 radical (unpaired) electrons. The summed E-state index contributed by atoms with van der Waals surface area (Å²) in [5.41, 5.74) is 9.17. The average Bonchev–Trinajstić information content (AvgIpc) is 2.66. The number of H-pyrrole nitrogens is 1. The topological polar surface area (TPSA) is 54.7 Å². The molecule has 1 heterocycles. The summed E-state index contributed by atoms with van der Waals surface area (Å²) in [7, 11) is 0. The van der Waals surface area contributed by atoms with Crippen LogP contribution in [0.5, 0.6) is 0 Å². The summed E-state index contributed by atoms with van der Waals surface area (Å²) in [4.78, 5) is 0. The smallest absolute Gasteiger partial charge is 0.0682 e. The van der Waals surface area contributed by atoms with Crippen molar-refractivity contribution in [3.8, 4) is 11.3 Å². The van der Waals surface area contributed by atoms with E-state index in [0.717, 1.165) is 27.7 Å². The second kappa shape index (κ2) is 4.80. The fraction of sp³-hybridized carbons (Fsp3) is 0.250. The van der Waals surface area contributed by atoms with Crippen LogP contribution in [0.2, 0.25) is 0 Å². The van der Waals surface area contributed by atoms with E-state index in [4.69, 9.17) is 5.73 Å². The highest BCUT2D eigenvalue weighted by Crippen LogP contribution is 2.23. The van der Waals surface area contributed by atoms with Gasteiger partial charge in [0.15, 0.2) is 0 Å². The summed E-state index contributed by atoms with van der Waals surface area (Å²) in [5.74, 6) is 0. The van der Waals surface area contributed by atoms with Gasteiger partial charge in [0.2, 0.25) is 0 Å². The second-order valence-corrected chi connectivity index (χ2v) is 4.87. The van der Waals surface area contributed by atoms with E-state index in [-0.39, 0.29) is 6.04 Å². The first kappa shape index (κ1) is 11.4. The van der Waals surface area contributed by atoms with E-state index in [0.29, 0.717) is 0 Å². The van der Waals surface area contributed by atoms with E-state index in [9.17, 15) is 0 Å². The van der Waals surface area contributed by atoms with Crippen molar-refractivity contribution < 1.29 is 0 Å². The molecule has 3 N–H and O–H groups in total. The van der Waals surface area contributed by atoms with Crippen LogP contribution in [0.1, 0.15) is 12.5 Å². The number of aromatic nitrogens is 2. The number of halogens is 1. The molecule has 84 valence electrons. The maximum Gasteiger partial charge on any atom is 0.0682 e. The molecule has 1 aromatic heterocycles. The summed E-state index contributed by atoms with van der Waals surface area (Å²) in [6, 6.07) is 8.30. The van der Waals surface area contributed by atoms with Gasteiger partial charge in [-0.25, -0.2) is 0 Å². The molecule has 16 heavy (non-hydrogen) atoms. The van der Waals surface area contributed by atoms with Crippen LogP contribution in [0.4, 0.5) is 0 Å². The Bertz CT molecular complexity index is 459. The van der Waals surface area contributed by atoms with Crippen molar-refractivity contribution in [1.29, 1.82) is 0 Å². The average molecular weight is 280 g/mol. The van der Waals surface area contributed by atoms with Gasteiger partial charge in [-0.1, -0.05) is 28.1 Å². The number of rotatable bonds is 3. The highest BCUT2D eigenvalue weighted by atomic mass is 79.9. The summed E-state index contributed by atoms with van der Waals surface area (Å²) >= 11 is 3.42. The standard InChI is InChI=1S/C12H14BrN3/c1-8(14)6-10-7-15-16-12(10)9-2-4-11(13)5-3-9/h2-5,7-8H,6,14H2,1H3,(H,15,16). The molecule has 0 aliphatic heterocycles. The van der Waals surface area contributed by atoms with E-state index < -0.39 is 0 Å². The van der Waals surface area contributed by atoms with Gasteiger partial charge >= 0.3 is 0 Å². The zero-order chi connectivity index (χ0) is 11.5. The Morgan fingerprint density at radius 3 is 2.69 bits per heavy atom. The quantitative estimate of drug-likeness (QED) is 0.908. The van der Waals surface area contributed by atoms with Crippen LogP contribution >= 0.6 is 15.9 Å². The molecule has 0 aliphatic rings. The Labute approximate surface area is 103 Å². The van der Waals surface area contributed by atoms with Gasteiger partial charge in [-0.15, -0.1) is 0 Å². The van der Waals surface area contributed by atoms with Crippen molar-refractivity contribution in [2.24, 2.45) is 5.73 Å². The first-order valence-electron chi connectivity index (χ1n) is 5.20. The van der Waals surface area contributed by atoms with Crippen molar-refractivity contribution >= 4 is 15.9 Å². The molecule has 0 aliphatic carbocycles. The molecule has 0 spiro atoms. The number of nitrogens with zero attached hydrogens (tertiary/aromatic N) is 1. The van der Waals surface area contributed by atoms with Gasteiger partial charge < -0.3 is 5.73 Å². The molecule has 1 unspecified atom stereocenters. The van der Waals surface area contributed by atoms with E-state index >= 15 is 0 Å². The van der Waals surface area contributed by atoms with Crippen LogP contribution in [0.25, 0.3) is 11.3 Å². The molecule has 2 aromatic rings. The van der Waals surface area contributed by atoms with Crippen molar-refractivity contribution in [3.63, 3.8) is 0 Å². The number of hydrogen-bond acceptors (Lipinski definition) is 2. The normalized spacial score (nSPS) is 12.7. The SMILES string of the molecule is CC(N)Cc1cn[nH]c1-c1ccc(Br)cc1. The van der Waals surface area contributed by atoms with E-state index in [1.165, 1.54) is 0 Å². The van der Waals surface area contributed by atoms with Crippen LogP contribution in [0.15, 0.2) is 34.9 Å². The minimum Gasteiger partial charge on any atom is -0.328 e. The van der Waals surface area contributed by atoms with Crippen LogP contribution < -0.4 is 5.73 Å². The van der Waals surface area contributed by atoms with E-state index in [2.05, 4.69) is 38.3 Å². The molecule has 0 bridgehead atoms. The predicted molar refractivity (Wildman–Crippen MR) is 69.1 cm³/mol. The molecule has 4 heteroatoms. The molecule has 0 amide bonds. The molecular formula is C12H14BrN3. The molecule has 3 nitrogen and oxygen atoms in total. The van der Waals surface area contributed by atoms with Gasteiger partial charge in [0.1, 0.15) is 0 Å². The largest absolute Gasteiger partial charge is 0.328 e. The Balaban J connectivity index is 2.33. The van der Waals surface area contributed by atoms with Gasteiger partial charge in [0.25, 0.3) is 0 Å². The number of nitrogens with two attached hydrogens (primary N) is 1. The maximum absolute atomic E-state index is 5.81. The van der Waals surface area contributed by atoms with Gasteiger partial charge in [-0.3, -0.25) is 5.10 Å². The van der Waals surface area contributed by atoms with Crippen molar-refractivity contribution in [2.45, 2.75) is 19.4 Å². The summed E-state index contributed by atoms with van der Waals surface area (Å²) in [6.45, 7) is 2.00. The van der Waals surface area contributed by atoms with Crippen LogP contribution in [0.3, 0.4) is 0 Å². The highest BCUT2D eigenvalue weighted by molar-refractivity contribution is 9.10. The van der Waals surface area contributed by atoms with Crippen LogP contribution in [-0.2, 0) is 6.42 Å². The fourth-order valence-corrected chi connectivity index (χ4v) is 1.94. The lowest BCUT2D eigenvalue weighted by molar-refractivity contribution is 0.739. The molecule has 0 saturated heterocycles. The van der Waals surface area contributed by atoms with Gasteiger partial charge in [-0.05, 0) is 36.6 Å². The summed E-state index contributed by atoms with van der Waals surface area (Å²) in [5, 5.41) is 7.11. The maximum atomic E-state index is 5.81. The molecule has 1 atom stereocenters. The van der Waals surface area contributed by atoms with Gasteiger partial charge in [0.05, 0.1) is 11.9 Å². The lowest BCUT2D eigenvalue weighted by atomic mass is 10.0. The fourth-order valence-electron chi connectivity index (χ4n) is 1.68. The lowest BCUT2D eigenvalue weighted by Gasteiger charge is -2.06. The van der Waals surface area contributed by atoms with Crippen molar-refractivity contribution in [3.05, 3.63) is 40.5 Å². The Morgan fingerprint density at radius 2 is 2.06 bits per heavy atom. The zero-order valence-electron chi connectivity index (χ0n) is 9.07. The molecule has 0 saturated carbocycles. The summed E-state index contributed by atoms with van der Waals surface area (Å²) < 4.78 is 1.07. The lowest BCUT2D eigenvalue weighted by Crippen LogP contribution is -2.17. The van der Waals surface area contributed by atoms with Crippen molar-refractivity contribution in [2.75, 3.05) is 0 Å². The molecule has 0 fully saturated rings. The molecule has 2 rings (SSSR count). The van der Waals surface area contributed by atoms with Gasteiger partial charge in [-0.2, -0.15) is 5.10 Å². The number of hydrogen-bond donors (Lipinski definition) is 2. The monoisotopic (exact) mass is 279 g/mol. The molecule has 1 aromatic carbocycles. The first-order chi connectivity index (χ1) is 7.66. The molecular weight excluding hydrogens is 266 g/mol. The minimum absolute atomic E-state index is 0.145. The third kappa shape index (κ3) is 2.51. The number of nitrogens with one attached hydrogen (secondary N) is 1. The zero-order valence-corrected chi connectivity index (χ0v) is 10.7. The van der Waals surface area contributed by atoms with Gasteiger partial charge in [0, 0.05) is 10.5 Å². The van der Waals surface area contributed by atoms with Crippen LogP contribution in [0, 0.1) is 0 Å². The van der Waals surface area contributed by atoms with Crippen molar-refractivity contribution in [1.82, 2.24) is 10.2 Å². The first-order valence-corrected chi connectivity index (χ1v) is 6.00. The number of aromatic amines is 1. The predicted octanol–water partition coefficient (Wildman–Crippen LogP) is 2.73. The third-order valence-electron chi connectivity index (χ3n) is 2.39. The minimum atomic E-state index is 0.145. The highest BCUT2D eigenvalue weighted by Gasteiger charge is 2.08. The third-order valence-corrected chi connectivity index (χ3v) is 2.92. The van der Waals surface area contributed by atoms with E-state index in [1.807, 2.05) is 25.3 Å². The Morgan fingerprint density at radius 1 is 1.38 bits per heavy atom. The summed E-state index contributed by atoms with van der Waals surface area (Å²) in [6.07, 6.45) is 2.68. The second-order valence-electron chi connectivity index (χ2n) is 3.96.